The summed E-state index contributed by atoms with van der Waals surface area (Å²) in [5.74, 6) is 1.77. The lowest BCUT2D eigenvalue weighted by Gasteiger charge is -2.24. The van der Waals surface area contributed by atoms with Crippen molar-refractivity contribution in [2.75, 3.05) is 26.0 Å². The van der Waals surface area contributed by atoms with E-state index in [1.165, 1.54) is 0 Å². The Morgan fingerprint density at radius 1 is 1.35 bits per heavy atom. The Morgan fingerprint density at radius 2 is 2.00 bits per heavy atom. The fourth-order valence-corrected chi connectivity index (χ4v) is 1.68. The minimum atomic E-state index is -0.0127. The van der Waals surface area contributed by atoms with E-state index in [4.69, 9.17) is 0 Å². The summed E-state index contributed by atoms with van der Waals surface area (Å²) in [7, 11) is 5.76. The Labute approximate surface area is 139 Å². The molecule has 1 rings (SSSR count). The van der Waals surface area contributed by atoms with Crippen LogP contribution in [0.4, 0.5) is 5.82 Å². The smallest absolute Gasteiger partial charge is 0.191 e. The van der Waals surface area contributed by atoms with E-state index in [0.29, 0.717) is 6.54 Å². The first-order valence-corrected chi connectivity index (χ1v) is 6.43. The Morgan fingerprint density at radius 3 is 2.50 bits per heavy atom. The average molecular weight is 391 g/mol. The number of aromatic nitrogens is 1. The minimum absolute atomic E-state index is 0. The predicted octanol–water partition coefficient (Wildman–Crippen LogP) is 2.23. The van der Waals surface area contributed by atoms with Crippen LogP contribution < -0.4 is 15.5 Å². The van der Waals surface area contributed by atoms with Gasteiger partial charge in [-0.05, 0) is 26.8 Å². The van der Waals surface area contributed by atoms with Crippen LogP contribution in [0, 0.1) is 0 Å². The summed E-state index contributed by atoms with van der Waals surface area (Å²) >= 11 is 0. The van der Waals surface area contributed by atoms with Crippen molar-refractivity contribution < 1.29 is 0 Å². The third kappa shape index (κ3) is 6.40. The van der Waals surface area contributed by atoms with Gasteiger partial charge in [0.2, 0.25) is 0 Å². The lowest BCUT2D eigenvalue weighted by atomic mass is 10.1. The SMILES string of the molecule is CN=C(NCc1cccnc1N(C)C)NC(C)(C)C.I. The maximum Gasteiger partial charge on any atom is 0.191 e. The summed E-state index contributed by atoms with van der Waals surface area (Å²) in [6, 6.07) is 4.02. The largest absolute Gasteiger partial charge is 0.362 e. The number of nitrogens with one attached hydrogen (secondary N) is 2. The Hall–Kier alpha value is -1.05. The fraction of sp³-hybridized carbons (Fsp3) is 0.571. The summed E-state index contributed by atoms with van der Waals surface area (Å²) in [5, 5.41) is 6.64. The number of anilines is 1. The number of hydrogen-bond acceptors (Lipinski definition) is 3. The molecule has 0 atom stereocenters. The van der Waals surface area contributed by atoms with E-state index in [1.54, 1.807) is 13.2 Å². The van der Waals surface area contributed by atoms with E-state index >= 15 is 0 Å². The van der Waals surface area contributed by atoms with Crippen molar-refractivity contribution in [1.82, 2.24) is 15.6 Å². The third-order valence-electron chi connectivity index (χ3n) is 2.45. The van der Waals surface area contributed by atoms with Crippen LogP contribution in [0.2, 0.25) is 0 Å². The zero-order chi connectivity index (χ0) is 14.5. The highest BCUT2D eigenvalue weighted by molar-refractivity contribution is 14.0. The Kier molecular flexibility index (Phi) is 7.85. The second-order valence-corrected chi connectivity index (χ2v) is 5.68. The first kappa shape index (κ1) is 18.9. The maximum absolute atomic E-state index is 4.38. The van der Waals surface area contributed by atoms with Crippen molar-refractivity contribution in [3.63, 3.8) is 0 Å². The lowest BCUT2D eigenvalue weighted by molar-refractivity contribution is 0.501. The molecular formula is C14H26IN5. The standard InChI is InChI=1S/C14H25N5.HI/c1-14(2,3)18-13(15-4)17-10-11-8-7-9-16-12(11)19(5)6;/h7-9H,10H2,1-6H3,(H2,15,17,18);1H. The van der Waals surface area contributed by atoms with Gasteiger partial charge in [-0.3, -0.25) is 4.99 Å². The normalized spacial score (nSPS) is 11.6. The fourth-order valence-electron chi connectivity index (χ4n) is 1.68. The van der Waals surface area contributed by atoms with Crippen LogP contribution >= 0.6 is 24.0 Å². The van der Waals surface area contributed by atoms with Crippen molar-refractivity contribution in [3.05, 3.63) is 23.9 Å². The molecule has 0 bridgehead atoms. The number of halogens is 1. The molecule has 0 aliphatic rings. The van der Waals surface area contributed by atoms with Gasteiger partial charge in [-0.25, -0.2) is 4.98 Å². The molecule has 0 aliphatic heterocycles. The van der Waals surface area contributed by atoms with Gasteiger partial charge < -0.3 is 15.5 Å². The van der Waals surface area contributed by atoms with E-state index in [0.717, 1.165) is 17.3 Å². The van der Waals surface area contributed by atoms with Crippen LogP contribution in [-0.2, 0) is 6.54 Å². The molecule has 0 radical (unpaired) electrons. The first-order valence-electron chi connectivity index (χ1n) is 6.43. The van der Waals surface area contributed by atoms with Gasteiger partial charge in [-0.15, -0.1) is 24.0 Å². The van der Waals surface area contributed by atoms with Crippen LogP contribution in [0.25, 0.3) is 0 Å². The molecule has 0 saturated carbocycles. The zero-order valence-corrected chi connectivity index (χ0v) is 15.5. The molecule has 1 heterocycles. The van der Waals surface area contributed by atoms with Crippen molar-refractivity contribution in [3.8, 4) is 0 Å². The molecule has 0 unspecified atom stereocenters. The van der Waals surface area contributed by atoms with E-state index in [1.807, 2.05) is 25.1 Å². The minimum Gasteiger partial charge on any atom is -0.362 e. The molecule has 0 fully saturated rings. The van der Waals surface area contributed by atoms with Crippen molar-refractivity contribution >= 4 is 35.8 Å². The summed E-state index contributed by atoms with van der Waals surface area (Å²) in [5.41, 5.74) is 1.13. The van der Waals surface area contributed by atoms with Crippen molar-refractivity contribution in [2.45, 2.75) is 32.9 Å². The van der Waals surface area contributed by atoms with Gasteiger partial charge >= 0.3 is 0 Å². The molecule has 2 N–H and O–H groups in total. The molecule has 0 spiro atoms. The molecule has 0 aliphatic carbocycles. The number of aliphatic imine (C=N–C) groups is 1. The monoisotopic (exact) mass is 391 g/mol. The number of hydrogen-bond donors (Lipinski definition) is 2. The van der Waals surface area contributed by atoms with E-state index in [-0.39, 0.29) is 29.5 Å². The molecule has 5 nitrogen and oxygen atoms in total. The van der Waals surface area contributed by atoms with E-state index < -0.39 is 0 Å². The third-order valence-corrected chi connectivity index (χ3v) is 2.45. The van der Waals surface area contributed by atoms with Gasteiger partial charge in [-0.1, -0.05) is 6.07 Å². The number of nitrogens with zero attached hydrogens (tertiary/aromatic N) is 3. The second kappa shape index (κ2) is 8.28. The molecule has 0 aromatic carbocycles. The molecule has 114 valence electrons. The lowest BCUT2D eigenvalue weighted by Crippen LogP contribution is -2.47. The molecular weight excluding hydrogens is 365 g/mol. The van der Waals surface area contributed by atoms with Crippen LogP contribution in [-0.4, -0.2) is 37.6 Å². The Balaban J connectivity index is 0.00000361. The van der Waals surface area contributed by atoms with Gasteiger partial charge in [0.25, 0.3) is 0 Å². The topological polar surface area (TPSA) is 52.6 Å². The zero-order valence-electron chi connectivity index (χ0n) is 13.2. The summed E-state index contributed by atoms with van der Waals surface area (Å²) in [6.45, 7) is 7.01. The predicted molar refractivity (Wildman–Crippen MR) is 97.1 cm³/mol. The van der Waals surface area contributed by atoms with Crippen LogP contribution in [0.5, 0.6) is 0 Å². The molecule has 0 saturated heterocycles. The molecule has 0 amide bonds. The van der Waals surface area contributed by atoms with Gasteiger partial charge in [-0.2, -0.15) is 0 Å². The van der Waals surface area contributed by atoms with Gasteiger partial charge in [0, 0.05) is 45.0 Å². The number of rotatable bonds is 3. The molecule has 20 heavy (non-hydrogen) atoms. The highest BCUT2D eigenvalue weighted by atomic mass is 127. The average Bonchev–Trinajstić information content (AvgIpc) is 2.33. The van der Waals surface area contributed by atoms with Crippen LogP contribution in [0.3, 0.4) is 0 Å². The number of guanidine groups is 1. The van der Waals surface area contributed by atoms with E-state index in [9.17, 15) is 0 Å². The van der Waals surface area contributed by atoms with Crippen molar-refractivity contribution in [2.24, 2.45) is 4.99 Å². The highest BCUT2D eigenvalue weighted by Gasteiger charge is 2.12. The summed E-state index contributed by atoms with van der Waals surface area (Å²) in [4.78, 5) is 10.6. The second-order valence-electron chi connectivity index (χ2n) is 5.68. The maximum atomic E-state index is 4.38. The quantitative estimate of drug-likeness (QED) is 0.472. The molecule has 6 heteroatoms. The van der Waals surface area contributed by atoms with Crippen LogP contribution in [0.15, 0.2) is 23.3 Å². The van der Waals surface area contributed by atoms with Gasteiger partial charge in [0.1, 0.15) is 5.82 Å². The van der Waals surface area contributed by atoms with Gasteiger partial charge in [0.05, 0.1) is 0 Å². The summed E-state index contributed by atoms with van der Waals surface area (Å²) in [6.07, 6.45) is 1.81. The molecule has 1 aromatic rings. The van der Waals surface area contributed by atoms with Crippen molar-refractivity contribution in [1.29, 1.82) is 0 Å². The Bertz CT molecular complexity index is 437. The highest BCUT2D eigenvalue weighted by Crippen LogP contribution is 2.13. The van der Waals surface area contributed by atoms with Crippen LogP contribution in [0.1, 0.15) is 26.3 Å². The van der Waals surface area contributed by atoms with Gasteiger partial charge in [0.15, 0.2) is 5.96 Å². The first-order chi connectivity index (χ1) is 8.83. The molecule has 1 aromatic heterocycles. The van der Waals surface area contributed by atoms with E-state index in [2.05, 4.69) is 47.4 Å². The summed E-state index contributed by atoms with van der Waals surface area (Å²) < 4.78 is 0. The number of pyridine rings is 1.